The van der Waals surface area contributed by atoms with Gasteiger partial charge in [0.15, 0.2) is 0 Å². The number of rotatable bonds is 10. The summed E-state index contributed by atoms with van der Waals surface area (Å²) < 4.78 is 0. The Morgan fingerprint density at radius 3 is 0.975 bits per heavy atom. The fraction of sp³-hybridized carbons (Fsp3) is 0.333. The second-order valence-electron chi connectivity index (χ2n) is 11.7. The highest BCUT2D eigenvalue weighted by Gasteiger charge is 2.28. The Morgan fingerprint density at radius 1 is 0.550 bits per heavy atom. The van der Waals surface area contributed by atoms with Crippen LogP contribution >= 0.6 is 0 Å². The summed E-state index contributed by atoms with van der Waals surface area (Å²) in [7, 11) is 0. The maximum atomic E-state index is 12.8. The molecule has 0 atom stereocenters. The van der Waals surface area contributed by atoms with E-state index in [4.69, 9.17) is 0 Å². The molecule has 0 saturated carbocycles. The SMILES string of the molecule is C=Cc1cc(C(C)C)c(-c2c(C(=O)[O-])ccc(C(=O)[O-])c2-c2c(C(C)C)cc(C=C)cc2C(C)C)c(C(C)C)c1. The standard InChI is InChI=1S/C36H42O4/c1-11-23-15-27(19(3)4)31(28(16-23)20(5)6)33-25(35(37)38)13-14-26(36(39)40)34(33)32-29(21(7)8)17-24(12-2)18-30(32)22(9)10/h11-22H,1-2H2,3-10H3,(H,37,38)(H,39,40)/p-2. The van der Waals surface area contributed by atoms with E-state index in [9.17, 15) is 19.8 Å². The summed E-state index contributed by atoms with van der Waals surface area (Å²) in [5.41, 5.74) is 7.59. The van der Waals surface area contributed by atoms with Crippen molar-refractivity contribution in [2.24, 2.45) is 0 Å². The number of aromatic carboxylic acids is 2. The third-order valence-corrected chi connectivity index (χ3v) is 7.55. The van der Waals surface area contributed by atoms with E-state index in [-0.39, 0.29) is 34.8 Å². The van der Waals surface area contributed by atoms with Gasteiger partial charge in [0.05, 0.1) is 11.9 Å². The molecule has 4 heteroatoms. The zero-order valence-corrected chi connectivity index (χ0v) is 25.0. The molecule has 3 aromatic rings. The van der Waals surface area contributed by atoms with E-state index in [0.717, 1.165) is 44.5 Å². The van der Waals surface area contributed by atoms with Gasteiger partial charge in [0, 0.05) is 11.1 Å². The molecule has 0 unspecified atom stereocenters. The molecule has 0 radical (unpaired) electrons. The van der Waals surface area contributed by atoms with Gasteiger partial charge in [0.1, 0.15) is 0 Å². The minimum atomic E-state index is -1.36. The predicted octanol–water partition coefficient (Wildman–Crippen LogP) is 7.53. The Morgan fingerprint density at radius 2 is 0.800 bits per heavy atom. The maximum Gasteiger partial charge on any atom is 0.0721 e. The Labute approximate surface area is 239 Å². The molecular weight excluding hydrogens is 496 g/mol. The van der Waals surface area contributed by atoms with Gasteiger partial charge in [0.2, 0.25) is 0 Å². The predicted molar refractivity (Wildman–Crippen MR) is 163 cm³/mol. The molecule has 0 aliphatic carbocycles. The Bertz CT molecular complexity index is 1310. The molecule has 0 spiro atoms. The zero-order chi connectivity index (χ0) is 30.0. The van der Waals surface area contributed by atoms with E-state index < -0.39 is 11.9 Å². The van der Waals surface area contributed by atoms with Gasteiger partial charge in [-0.3, -0.25) is 0 Å². The highest BCUT2D eigenvalue weighted by molar-refractivity contribution is 6.09. The number of carboxylic acids is 2. The van der Waals surface area contributed by atoms with Crippen molar-refractivity contribution in [3.05, 3.63) is 94.1 Å². The van der Waals surface area contributed by atoms with Crippen LogP contribution in [-0.2, 0) is 0 Å². The molecule has 0 amide bonds. The average molecular weight is 537 g/mol. The first-order valence-corrected chi connectivity index (χ1v) is 14.0. The summed E-state index contributed by atoms with van der Waals surface area (Å²) in [4.78, 5) is 25.6. The first-order valence-electron chi connectivity index (χ1n) is 14.0. The van der Waals surface area contributed by atoms with E-state index in [1.54, 1.807) is 12.2 Å². The minimum absolute atomic E-state index is 0.0127. The van der Waals surface area contributed by atoms with E-state index in [1.165, 1.54) is 12.1 Å². The van der Waals surface area contributed by atoms with Crippen molar-refractivity contribution in [3.8, 4) is 22.3 Å². The number of carbonyl (C=O) groups excluding carboxylic acids is 2. The van der Waals surface area contributed by atoms with Crippen molar-refractivity contribution in [2.45, 2.75) is 79.1 Å². The molecule has 3 rings (SSSR count). The lowest BCUT2D eigenvalue weighted by Crippen LogP contribution is -2.27. The molecular formula is C36H40O4-2. The number of hydrogen-bond donors (Lipinski definition) is 0. The number of benzene rings is 3. The Hall–Kier alpha value is -3.92. The lowest BCUT2D eigenvalue weighted by molar-refractivity contribution is -0.256. The monoisotopic (exact) mass is 536 g/mol. The van der Waals surface area contributed by atoms with Crippen LogP contribution in [0.1, 0.15) is 133 Å². The van der Waals surface area contributed by atoms with Crippen molar-refractivity contribution in [3.63, 3.8) is 0 Å². The summed E-state index contributed by atoms with van der Waals surface area (Å²) in [6.45, 7) is 24.3. The largest absolute Gasteiger partial charge is 0.545 e. The molecule has 0 fully saturated rings. The quantitative estimate of drug-likeness (QED) is 0.268. The first-order chi connectivity index (χ1) is 18.7. The summed E-state index contributed by atoms with van der Waals surface area (Å²) in [5, 5.41) is 25.6. The third-order valence-electron chi connectivity index (χ3n) is 7.55. The van der Waals surface area contributed by atoms with Gasteiger partial charge >= 0.3 is 0 Å². The Kier molecular flexibility index (Phi) is 9.25. The highest BCUT2D eigenvalue weighted by atomic mass is 16.4. The van der Waals surface area contributed by atoms with Crippen molar-refractivity contribution in [1.82, 2.24) is 0 Å². The van der Waals surface area contributed by atoms with Gasteiger partial charge in [-0.25, -0.2) is 0 Å². The lowest BCUT2D eigenvalue weighted by Gasteiger charge is -2.30. The van der Waals surface area contributed by atoms with Gasteiger partial charge in [0.25, 0.3) is 0 Å². The van der Waals surface area contributed by atoms with Gasteiger partial charge in [-0.05, 0) is 79.3 Å². The van der Waals surface area contributed by atoms with Crippen LogP contribution in [0, 0.1) is 0 Å². The Balaban J connectivity index is 2.82. The molecule has 0 N–H and O–H groups in total. The van der Waals surface area contributed by atoms with E-state index in [0.29, 0.717) is 11.1 Å². The van der Waals surface area contributed by atoms with E-state index in [1.807, 2.05) is 24.3 Å². The molecule has 0 heterocycles. The normalized spacial score (nSPS) is 11.5. The molecule has 4 nitrogen and oxygen atoms in total. The molecule has 0 aliphatic rings. The van der Waals surface area contributed by atoms with Gasteiger partial charge in [-0.2, -0.15) is 0 Å². The van der Waals surface area contributed by atoms with Crippen molar-refractivity contribution in [1.29, 1.82) is 0 Å². The van der Waals surface area contributed by atoms with Gasteiger partial charge in [-0.15, -0.1) is 0 Å². The highest BCUT2D eigenvalue weighted by Crippen LogP contribution is 2.48. The fourth-order valence-corrected chi connectivity index (χ4v) is 5.52. The van der Waals surface area contributed by atoms with Crippen LogP contribution in [0.25, 0.3) is 34.4 Å². The van der Waals surface area contributed by atoms with Gasteiger partial charge < -0.3 is 19.8 Å². The first kappa shape index (κ1) is 30.6. The third kappa shape index (κ3) is 5.67. The van der Waals surface area contributed by atoms with Crippen LogP contribution in [0.3, 0.4) is 0 Å². The molecule has 0 aliphatic heterocycles. The lowest BCUT2D eigenvalue weighted by atomic mass is 9.75. The van der Waals surface area contributed by atoms with Crippen LogP contribution in [0.2, 0.25) is 0 Å². The van der Waals surface area contributed by atoms with Crippen LogP contribution in [0.5, 0.6) is 0 Å². The van der Waals surface area contributed by atoms with Gasteiger partial charge in [-0.1, -0.05) is 117 Å². The van der Waals surface area contributed by atoms with Crippen LogP contribution in [0.15, 0.2) is 49.6 Å². The second-order valence-corrected chi connectivity index (χ2v) is 11.7. The van der Waals surface area contributed by atoms with E-state index in [2.05, 4.69) is 68.5 Å². The van der Waals surface area contributed by atoms with E-state index >= 15 is 0 Å². The number of hydrogen-bond acceptors (Lipinski definition) is 4. The smallest absolute Gasteiger partial charge is 0.0721 e. The molecule has 3 aromatic carbocycles. The average Bonchev–Trinajstić information content (AvgIpc) is 2.90. The zero-order valence-electron chi connectivity index (χ0n) is 25.0. The molecule has 210 valence electrons. The molecule has 0 saturated heterocycles. The number of carboxylic acid groups (broad SMARTS) is 2. The fourth-order valence-electron chi connectivity index (χ4n) is 5.52. The minimum Gasteiger partial charge on any atom is -0.545 e. The number of carbonyl (C=O) groups is 2. The summed E-state index contributed by atoms with van der Waals surface area (Å²) in [5.74, 6) is -2.67. The maximum absolute atomic E-state index is 12.8. The summed E-state index contributed by atoms with van der Waals surface area (Å²) in [6, 6.07) is 10.7. The van der Waals surface area contributed by atoms with Crippen molar-refractivity contribution < 1.29 is 19.8 Å². The van der Waals surface area contributed by atoms with Crippen molar-refractivity contribution >= 4 is 24.1 Å². The molecule has 0 bridgehead atoms. The molecule has 40 heavy (non-hydrogen) atoms. The summed E-state index contributed by atoms with van der Waals surface area (Å²) >= 11 is 0. The topological polar surface area (TPSA) is 80.3 Å². The van der Waals surface area contributed by atoms with Crippen molar-refractivity contribution in [2.75, 3.05) is 0 Å². The molecule has 0 aromatic heterocycles. The second kappa shape index (κ2) is 12.1. The van der Waals surface area contributed by atoms with Crippen LogP contribution < -0.4 is 10.2 Å². The van der Waals surface area contributed by atoms with Crippen LogP contribution in [0.4, 0.5) is 0 Å². The van der Waals surface area contributed by atoms with Crippen LogP contribution in [-0.4, -0.2) is 11.9 Å². The summed E-state index contributed by atoms with van der Waals surface area (Å²) in [6.07, 6.45) is 3.56.